The lowest BCUT2D eigenvalue weighted by molar-refractivity contribution is -0.134. The predicted octanol–water partition coefficient (Wildman–Crippen LogP) is 2.81. The van der Waals surface area contributed by atoms with Crippen molar-refractivity contribution in [3.05, 3.63) is 0 Å². The zero-order chi connectivity index (χ0) is 10.6. The first-order valence-electron chi connectivity index (χ1n) is 4.84. The van der Waals surface area contributed by atoms with E-state index in [0.29, 0.717) is 6.04 Å². The number of alkyl halides is 1. The van der Waals surface area contributed by atoms with Gasteiger partial charge < -0.3 is 4.90 Å². The van der Waals surface area contributed by atoms with E-state index < -0.39 is 4.32 Å². The van der Waals surface area contributed by atoms with Gasteiger partial charge in [0.25, 0.3) is 0 Å². The highest BCUT2D eigenvalue weighted by Gasteiger charge is 2.30. The minimum Gasteiger partial charge on any atom is -0.339 e. The van der Waals surface area contributed by atoms with Gasteiger partial charge in [0.15, 0.2) is 0 Å². The number of amides is 1. The molecule has 1 atom stereocenters. The van der Waals surface area contributed by atoms with Crippen LogP contribution >= 0.6 is 15.9 Å². The minimum atomic E-state index is -0.438. The summed E-state index contributed by atoms with van der Waals surface area (Å²) in [6.07, 6.45) is 1.00. The standard InChI is InChI=1S/C10H20BrNO/c1-6-8(3)12(7-2)9(13)10(4,5)11/h8H,6-7H2,1-5H3. The van der Waals surface area contributed by atoms with Crippen LogP contribution in [0.5, 0.6) is 0 Å². The molecule has 0 aliphatic heterocycles. The fourth-order valence-corrected chi connectivity index (χ4v) is 1.45. The van der Waals surface area contributed by atoms with Gasteiger partial charge in [0.2, 0.25) is 5.91 Å². The van der Waals surface area contributed by atoms with E-state index in [0.717, 1.165) is 13.0 Å². The van der Waals surface area contributed by atoms with E-state index in [1.165, 1.54) is 0 Å². The van der Waals surface area contributed by atoms with E-state index in [1.807, 2.05) is 25.7 Å². The molecule has 1 amide bonds. The number of halogens is 1. The smallest absolute Gasteiger partial charge is 0.239 e. The van der Waals surface area contributed by atoms with Crippen LogP contribution in [-0.2, 0) is 4.79 Å². The Morgan fingerprint density at radius 3 is 2.15 bits per heavy atom. The maximum Gasteiger partial charge on any atom is 0.239 e. The van der Waals surface area contributed by atoms with Crippen LogP contribution in [0.15, 0.2) is 0 Å². The first-order chi connectivity index (χ1) is 5.84. The number of carbonyl (C=O) groups excluding carboxylic acids is 1. The number of hydrogen-bond donors (Lipinski definition) is 0. The lowest BCUT2D eigenvalue weighted by Crippen LogP contribution is -2.46. The van der Waals surface area contributed by atoms with Gasteiger partial charge in [0, 0.05) is 12.6 Å². The Morgan fingerprint density at radius 1 is 1.46 bits per heavy atom. The molecule has 0 aliphatic carbocycles. The van der Waals surface area contributed by atoms with Crippen LogP contribution in [0, 0.1) is 0 Å². The maximum absolute atomic E-state index is 11.9. The van der Waals surface area contributed by atoms with Crippen LogP contribution in [0.1, 0.15) is 41.0 Å². The molecule has 0 aromatic rings. The van der Waals surface area contributed by atoms with Crippen molar-refractivity contribution in [3.63, 3.8) is 0 Å². The molecule has 0 aliphatic rings. The molecule has 0 spiro atoms. The SMILES string of the molecule is CCC(C)N(CC)C(=O)C(C)(C)Br. The van der Waals surface area contributed by atoms with Gasteiger partial charge in [-0.3, -0.25) is 4.79 Å². The molecule has 0 aromatic heterocycles. The van der Waals surface area contributed by atoms with Crippen LogP contribution in [0.3, 0.4) is 0 Å². The molecule has 0 aromatic carbocycles. The molecule has 0 N–H and O–H groups in total. The molecule has 0 rings (SSSR count). The van der Waals surface area contributed by atoms with E-state index in [1.54, 1.807) is 0 Å². The van der Waals surface area contributed by atoms with E-state index in [2.05, 4.69) is 29.8 Å². The van der Waals surface area contributed by atoms with Crippen molar-refractivity contribution in [2.45, 2.75) is 51.4 Å². The predicted molar refractivity (Wildman–Crippen MR) is 60.1 cm³/mol. The van der Waals surface area contributed by atoms with Crippen molar-refractivity contribution >= 4 is 21.8 Å². The number of rotatable bonds is 4. The molecule has 0 saturated heterocycles. The molecular formula is C10H20BrNO. The molecular weight excluding hydrogens is 230 g/mol. The summed E-state index contributed by atoms with van der Waals surface area (Å²) in [4.78, 5) is 13.8. The fourth-order valence-electron chi connectivity index (χ4n) is 1.22. The zero-order valence-corrected chi connectivity index (χ0v) is 10.8. The van der Waals surface area contributed by atoms with Crippen molar-refractivity contribution in [3.8, 4) is 0 Å². The van der Waals surface area contributed by atoms with Gasteiger partial charge in [-0.25, -0.2) is 0 Å². The molecule has 78 valence electrons. The van der Waals surface area contributed by atoms with Gasteiger partial charge in [-0.2, -0.15) is 0 Å². The van der Waals surface area contributed by atoms with Crippen molar-refractivity contribution in [1.82, 2.24) is 4.90 Å². The Bertz CT molecular complexity index is 174. The van der Waals surface area contributed by atoms with Gasteiger partial charge >= 0.3 is 0 Å². The number of nitrogens with zero attached hydrogens (tertiary/aromatic N) is 1. The second-order valence-corrected chi connectivity index (χ2v) is 5.80. The highest BCUT2D eigenvalue weighted by Crippen LogP contribution is 2.21. The first-order valence-corrected chi connectivity index (χ1v) is 5.63. The molecule has 0 bridgehead atoms. The monoisotopic (exact) mass is 249 g/mol. The summed E-state index contributed by atoms with van der Waals surface area (Å²) in [5.74, 6) is 0.171. The lowest BCUT2D eigenvalue weighted by atomic mass is 10.1. The average Bonchev–Trinajstić information content (AvgIpc) is 2.03. The highest BCUT2D eigenvalue weighted by atomic mass is 79.9. The zero-order valence-electron chi connectivity index (χ0n) is 9.22. The highest BCUT2D eigenvalue weighted by molar-refractivity contribution is 9.10. The normalized spacial score (nSPS) is 14.0. The Morgan fingerprint density at radius 2 is 1.92 bits per heavy atom. The molecule has 0 radical (unpaired) electrons. The first kappa shape index (κ1) is 12.9. The van der Waals surface area contributed by atoms with Crippen LogP contribution < -0.4 is 0 Å². The van der Waals surface area contributed by atoms with Crippen LogP contribution in [-0.4, -0.2) is 27.7 Å². The Hall–Kier alpha value is -0.0500. The van der Waals surface area contributed by atoms with Crippen molar-refractivity contribution in [2.24, 2.45) is 0 Å². The summed E-state index contributed by atoms with van der Waals surface area (Å²) in [5.41, 5.74) is 0. The summed E-state index contributed by atoms with van der Waals surface area (Å²) in [7, 11) is 0. The van der Waals surface area contributed by atoms with Crippen LogP contribution in [0.4, 0.5) is 0 Å². The lowest BCUT2D eigenvalue weighted by Gasteiger charge is -2.32. The third kappa shape index (κ3) is 3.67. The molecule has 0 saturated carbocycles. The van der Waals surface area contributed by atoms with Crippen LogP contribution in [0.25, 0.3) is 0 Å². The topological polar surface area (TPSA) is 20.3 Å². The molecule has 3 heteroatoms. The largest absolute Gasteiger partial charge is 0.339 e. The summed E-state index contributed by atoms with van der Waals surface area (Å²) < 4.78 is -0.438. The minimum absolute atomic E-state index is 0.171. The Kier molecular flexibility index (Phi) is 4.97. The molecule has 0 fully saturated rings. The van der Waals surface area contributed by atoms with Crippen molar-refractivity contribution < 1.29 is 4.79 Å². The third-order valence-electron chi connectivity index (χ3n) is 2.23. The van der Waals surface area contributed by atoms with Crippen molar-refractivity contribution in [2.75, 3.05) is 6.54 Å². The molecule has 13 heavy (non-hydrogen) atoms. The Balaban J connectivity index is 4.50. The van der Waals surface area contributed by atoms with Gasteiger partial charge in [-0.05, 0) is 34.1 Å². The van der Waals surface area contributed by atoms with E-state index in [9.17, 15) is 4.79 Å². The van der Waals surface area contributed by atoms with Gasteiger partial charge in [-0.15, -0.1) is 0 Å². The van der Waals surface area contributed by atoms with E-state index >= 15 is 0 Å². The van der Waals surface area contributed by atoms with Crippen LogP contribution in [0.2, 0.25) is 0 Å². The molecule has 0 heterocycles. The average molecular weight is 250 g/mol. The second kappa shape index (κ2) is 4.99. The fraction of sp³-hybridized carbons (Fsp3) is 0.900. The Labute approximate surface area is 89.8 Å². The number of carbonyl (C=O) groups is 1. The summed E-state index contributed by atoms with van der Waals surface area (Å²) >= 11 is 3.39. The quantitative estimate of drug-likeness (QED) is 0.702. The third-order valence-corrected chi connectivity index (χ3v) is 2.57. The molecule has 1 unspecified atom stereocenters. The van der Waals surface area contributed by atoms with E-state index in [4.69, 9.17) is 0 Å². The van der Waals surface area contributed by atoms with Gasteiger partial charge in [0.05, 0.1) is 4.32 Å². The summed E-state index contributed by atoms with van der Waals surface area (Å²) in [6.45, 7) is 10.8. The second-order valence-electron chi connectivity index (χ2n) is 3.82. The number of hydrogen-bond acceptors (Lipinski definition) is 1. The summed E-state index contributed by atoms with van der Waals surface area (Å²) in [5, 5.41) is 0. The van der Waals surface area contributed by atoms with Crippen molar-refractivity contribution in [1.29, 1.82) is 0 Å². The maximum atomic E-state index is 11.9. The summed E-state index contributed by atoms with van der Waals surface area (Å²) in [6, 6.07) is 0.328. The van der Waals surface area contributed by atoms with Gasteiger partial charge in [0.1, 0.15) is 0 Å². The molecule has 2 nitrogen and oxygen atoms in total. The van der Waals surface area contributed by atoms with Gasteiger partial charge in [-0.1, -0.05) is 22.9 Å². The van der Waals surface area contributed by atoms with E-state index in [-0.39, 0.29) is 5.91 Å².